The lowest BCUT2D eigenvalue weighted by atomic mass is 10.1. The number of carbonyl (C=O) groups is 1. The van der Waals surface area contributed by atoms with Crippen molar-refractivity contribution in [3.63, 3.8) is 0 Å². The van der Waals surface area contributed by atoms with Gasteiger partial charge in [0.2, 0.25) is 5.91 Å². The molecule has 5 nitrogen and oxygen atoms in total. The summed E-state index contributed by atoms with van der Waals surface area (Å²) in [5.41, 5.74) is 1.01. The molecule has 0 saturated carbocycles. The summed E-state index contributed by atoms with van der Waals surface area (Å²) in [6.45, 7) is 3.51. The molecule has 8 heteroatoms. The molecule has 0 atom stereocenters. The molecule has 1 aliphatic rings. The standard InChI is InChI=1S/C20H22F3N3O2/c1-28-19-5-2-15(21)10-14(19)12-25-6-8-26(9-7-25)13-20(27)24-16-3-4-17(22)18(23)11-16/h2-5,10-11H,6-9,12-13H2,1H3,(H,24,27). The number of nitrogens with one attached hydrogen (secondary N) is 1. The molecular weight excluding hydrogens is 371 g/mol. The first kappa shape index (κ1) is 20.2. The third kappa shape index (κ3) is 5.24. The van der Waals surface area contributed by atoms with Gasteiger partial charge in [-0.15, -0.1) is 0 Å². The van der Waals surface area contributed by atoms with Crippen molar-refractivity contribution in [2.45, 2.75) is 6.54 Å². The van der Waals surface area contributed by atoms with Crippen LogP contribution in [0.4, 0.5) is 18.9 Å². The first-order valence-electron chi connectivity index (χ1n) is 8.96. The van der Waals surface area contributed by atoms with Gasteiger partial charge in [0.05, 0.1) is 13.7 Å². The van der Waals surface area contributed by atoms with Crippen LogP contribution in [-0.4, -0.2) is 55.5 Å². The number of anilines is 1. The number of amides is 1. The predicted octanol–water partition coefficient (Wildman–Crippen LogP) is 2.87. The van der Waals surface area contributed by atoms with Crippen molar-refractivity contribution in [2.75, 3.05) is 45.2 Å². The number of methoxy groups -OCH3 is 1. The van der Waals surface area contributed by atoms with Crippen molar-refractivity contribution < 1.29 is 22.7 Å². The van der Waals surface area contributed by atoms with Crippen LogP contribution in [0.15, 0.2) is 36.4 Å². The molecule has 0 bridgehead atoms. The predicted molar refractivity (Wildman–Crippen MR) is 99.7 cm³/mol. The van der Waals surface area contributed by atoms with E-state index in [0.29, 0.717) is 25.4 Å². The minimum Gasteiger partial charge on any atom is -0.496 e. The molecule has 0 spiro atoms. The van der Waals surface area contributed by atoms with Crippen LogP contribution in [0.25, 0.3) is 0 Å². The van der Waals surface area contributed by atoms with Crippen molar-refractivity contribution in [2.24, 2.45) is 0 Å². The highest BCUT2D eigenvalue weighted by Crippen LogP contribution is 2.21. The molecule has 2 aromatic carbocycles. The maximum atomic E-state index is 13.5. The lowest BCUT2D eigenvalue weighted by Gasteiger charge is -2.34. The maximum Gasteiger partial charge on any atom is 0.238 e. The Morgan fingerprint density at radius 2 is 1.71 bits per heavy atom. The van der Waals surface area contributed by atoms with E-state index in [2.05, 4.69) is 10.2 Å². The van der Waals surface area contributed by atoms with Crippen molar-refractivity contribution in [3.8, 4) is 5.75 Å². The van der Waals surface area contributed by atoms with E-state index in [1.807, 2.05) is 4.90 Å². The van der Waals surface area contributed by atoms with Gasteiger partial charge in [-0.1, -0.05) is 0 Å². The average molecular weight is 393 g/mol. The molecule has 2 aromatic rings. The zero-order chi connectivity index (χ0) is 20.1. The summed E-state index contributed by atoms with van der Waals surface area (Å²) in [5.74, 6) is -1.90. The molecule has 1 amide bonds. The van der Waals surface area contributed by atoms with Crippen LogP contribution in [0.3, 0.4) is 0 Å². The molecule has 28 heavy (non-hydrogen) atoms. The number of nitrogens with zero attached hydrogens (tertiary/aromatic N) is 2. The topological polar surface area (TPSA) is 44.8 Å². The molecule has 1 heterocycles. The highest BCUT2D eigenvalue weighted by molar-refractivity contribution is 5.92. The van der Waals surface area contributed by atoms with E-state index in [0.717, 1.165) is 30.8 Å². The van der Waals surface area contributed by atoms with E-state index in [1.165, 1.54) is 18.2 Å². The highest BCUT2D eigenvalue weighted by atomic mass is 19.2. The molecule has 0 aliphatic carbocycles. The molecule has 0 radical (unpaired) electrons. The normalized spacial score (nSPS) is 15.4. The fraction of sp³-hybridized carbons (Fsp3) is 0.350. The summed E-state index contributed by atoms with van der Waals surface area (Å²) < 4.78 is 44.9. The minimum atomic E-state index is -1.00. The lowest BCUT2D eigenvalue weighted by Crippen LogP contribution is -2.48. The third-order valence-electron chi connectivity index (χ3n) is 4.67. The van der Waals surface area contributed by atoms with Crippen molar-refractivity contribution >= 4 is 11.6 Å². The summed E-state index contributed by atoms with van der Waals surface area (Å²) in [7, 11) is 1.56. The number of hydrogen-bond donors (Lipinski definition) is 1. The SMILES string of the molecule is COc1ccc(F)cc1CN1CCN(CC(=O)Nc2ccc(F)c(F)c2)CC1. The van der Waals surface area contributed by atoms with E-state index < -0.39 is 11.6 Å². The second-order valence-corrected chi connectivity index (χ2v) is 6.69. The van der Waals surface area contributed by atoms with Crippen LogP contribution in [0.5, 0.6) is 5.75 Å². The van der Waals surface area contributed by atoms with Crippen LogP contribution in [-0.2, 0) is 11.3 Å². The Labute approximate surface area is 161 Å². The van der Waals surface area contributed by atoms with Gasteiger partial charge in [0.1, 0.15) is 11.6 Å². The number of hydrogen-bond acceptors (Lipinski definition) is 4. The fourth-order valence-corrected chi connectivity index (χ4v) is 3.19. The smallest absolute Gasteiger partial charge is 0.238 e. The number of rotatable bonds is 6. The quantitative estimate of drug-likeness (QED) is 0.820. The third-order valence-corrected chi connectivity index (χ3v) is 4.67. The van der Waals surface area contributed by atoms with E-state index in [4.69, 9.17) is 4.74 Å². The van der Waals surface area contributed by atoms with Gasteiger partial charge >= 0.3 is 0 Å². The summed E-state index contributed by atoms with van der Waals surface area (Å²) in [4.78, 5) is 16.3. The van der Waals surface area contributed by atoms with Crippen molar-refractivity contribution in [3.05, 3.63) is 59.4 Å². The van der Waals surface area contributed by atoms with E-state index >= 15 is 0 Å². The van der Waals surface area contributed by atoms with Gasteiger partial charge in [-0.25, -0.2) is 13.2 Å². The van der Waals surface area contributed by atoms with Crippen LogP contribution in [0, 0.1) is 17.5 Å². The van der Waals surface area contributed by atoms with Crippen LogP contribution in [0.2, 0.25) is 0 Å². The Balaban J connectivity index is 1.48. The Morgan fingerprint density at radius 1 is 1.00 bits per heavy atom. The van der Waals surface area contributed by atoms with E-state index in [1.54, 1.807) is 13.2 Å². The van der Waals surface area contributed by atoms with Crippen molar-refractivity contribution in [1.29, 1.82) is 0 Å². The van der Waals surface area contributed by atoms with Gasteiger partial charge in [0.25, 0.3) is 0 Å². The van der Waals surface area contributed by atoms with Gasteiger partial charge in [0, 0.05) is 50.0 Å². The molecular formula is C20H22F3N3O2. The Hall–Kier alpha value is -2.58. The zero-order valence-electron chi connectivity index (χ0n) is 15.6. The Bertz CT molecular complexity index is 839. The number of carbonyl (C=O) groups excluding carboxylic acids is 1. The highest BCUT2D eigenvalue weighted by Gasteiger charge is 2.20. The second-order valence-electron chi connectivity index (χ2n) is 6.69. The van der Waals surface area contributed by atoms with Gasteiger partial charge in [0.15, 0.2) is 11.6 Å². The lowest BCUT2D eigenvalue weighted by molar-refractivity contribution is -0.117. The first-order chi connectivity index (χ1) is 13.4. The summed E-state index contributed by atoms with van der Waals surface area (Å²) in [6, 6.07) is 7.71. The number of piperazine rings is 1. The van der Waals surface area contributed by atoms with Gasteiger partial charge in [-0.3, -0.25) is 14.6 Å². The van der Waals surface area contributed by atoms with Gasteiger partial charge < -0.3 is 10.1 Å². The molecule has 1 saturated heterocycles. The molecule has 150 valence electrons. The average Bonchev–Trinajstić information content (AvgIpc) is 2.66. The van der Waals surface area contributed by atoms with Crippen molar-refractivity contribution in [1.82, 2.24) is 9.80 Å². The second kappa shape index (κ2) is 9.07. The maximum absolute atomic E-state index is 13.5. The fourth-order valence-electron chi connectivity index (χ4n) is 3.19. The number of ether oxygens (including phenoxy) is 1. The molecule has 0 aromatic heterocycles. The zero-order valence-corrected chi connectivity index (χ0v) is 15.6. The van der Waals surface area contributed by atoms with Crippen LogP contribution in [0.1, 0.15) is 5.56 Å². The van der Waals surface area contributed by atoms with E-state index in [9.17, 15) is 18.0 Å². The van der Waals surface area contributed by atoms with Crippen LogP contribution >= 0.6 is 0 Å². The molecule has 1 aliphatic heterocycles. The van der Waals surface area contributed by atoms with Gasteiger partial charge in [-0.05, 0) is 30.3 Å². The Morgan fingerprint density at radius 3 is 2.39 bits per heavy atom. The number of benzene rings is 2. The minimum absolute atomic E-state index is 0.163. The molecule has 1 N–H and O–H groups in total. The summed E-state index contributed by atoms with van der Waals surface area (Å²) in [5, 5.41) is 2.57. The molecule has 1 fully saturated rings. The Kier molecular flexibility index (Phi) is 6.53. The van der Waals surface area contributed by atoms with Gasteiger partial charge in [-0.2, -0.15) is 0 Å². The summed E-state index contributed by atoms with van der Waals surface area (Å²) >= 11 is 0. The van der Waals surface area contributed by atoms with E-state index in [-0.39, 0.29) is 24.0 Å². The number of halogens is 3. The molecule has 0 unspecified atom stereocenters. The monoisotopic (exact) mass is 393 g/mol. The summed E-state index contributed by atoms with van der Waals surface area (Å²) in [6.07, 6.45) is 0. The van der Waals surface area contributed by atoms with Crippen LogP contribution < -0.4 is 10.1 Å². The largest absolute Gasteiger partial charge is 0.496 e. The first-order valence-corrected chi connectivity index (χ1v) is 8.96. The molecule has 3 rings (SSSR count).